The highest BCUT2D eigenvalue weighted by Crippen LogP contribution is 2.34. The summed E-state index contributed by atoms with van der Waals surface area (Å²) in [6.07, 6.45) is 2.48. The van der Waals surface area contributed by atoms with Gasteiger partial charge in [-0.2, -0.15) is 0 Å². The Kier molecular flexibility index (Phi) is 7.16. The molecule has 0 fully saturated rings. The number of nitro groups is 1. The molecule has 2 aromatic carbocycles. The molecular weight excluding hydrogens is 475 g/mol. The van der Waals surface area contributed by atoms with E-state index in [0.717, 1.165) is 11.8 Å². The quantitative estimate of drug-likeness (QED) is 0.349. The average Bonchev–Trinajstić information content (AvgIpc) is 3.32. The van der Waals surface area contributed by atoms with Crippen molar-refractivity contribution in [3.8, 4) is 0 Å². The van der Waals surface area contributed by atoms with Crippen molar-refractivity contribution in [1.82, 2.24) is 14.4 Å². The van der Waals surface area contributed by atoms with Crippen LogP contribution in [0.15, 0.2) is 60.8 Å². The van der Waals surface area contributed by atoms with Crippen LogP contribution < -0.4 is 0 Å². The zero-order valence-electron chi connectivity index (χ0n) is 19.1. The minimum absolute atomic E-state index is 0.0576. The summed E-state index contributed by atoms with van der Waals surface area (Å²) >= 11 is 6.17. The van der Waals surface area contributed by atoms with Gasteiger partial charge in [-0.15, -0.1) is 0 Å². The molecular formula is C25H24ClFN4O4. The normalized spacial score (nSPS) is 14.9. The van der Waals surface area contributed by atoms with Gasteiger partial charge in [0, 0.05) is 49.2 Å². The Labute approximate surface area is 206 Å². The van der Waals surface area contributed by atoms with Crippen molar-refractivity contribution in [1.29, 1.82) is 0 Å². The van der Waals surface area contributed by atoms with E-state index in [1.165, 1.54) is 23.1 Å². The Bertz CT molecular complexity index is 1280. The lowest BCUT2D eigenvalue weighted by molar-refractivity contribution is -0.384. The van der Waals surface area contributed by atoms with Gasteiger partial charge in [-0.3, -0.25) is 19.7 Å². The largest absolute Gasteiger partial charge is 0.348 e. The molecule has 0 radical (unpaired) electrons. The van der Waals surface area contributed by atoms with Gasteiger partial charge in [0.1, 0.15) is 18.4 Å². The van der Waals surface area contributed by atoms with Crippen LogP contribution in [0.4, 0.5) is 10.1 Å². The van der Waals surface area contributed by atoms with Crippen molar-refractivity contribution < 1.29 is 18.9 Å². The lowest BCUT2D eigenvalue weighted by atomic mass is 9.99. The van der Waals surface area contributed by atoms with E-state index >= 15 is 0 Å². The highest BCUT2D eigenvalue weighted by Gasteiger charge is 2.35. The molecule has 182 valence electrons. The van der Waals surface area contributed by atoms with Crippen LogP contribution in [0, 0.1) is 15.9 Å². The molecule has 2 heterocycles. The molecule has 1 aliphatic heterocycles. The van der Waals surface area contributed by atoms with Crippen LogP contribution in [0.2, 0.25) is 5.02 Å². The van der Waals surface area contributed by atoms with Gasteiger partial charge in [-0.1, -0.05) is 36.7 Å². The molecule has 1 aliphatic rings. The number of non-ortho nitro benzene ring substituents is 1. The van der Waals surface area contributed by atoms with Gasteiger partial charge in [0.2, 0.25) is 5.91 Å². The Morgan fingerprint density at radius 1 is 1.17 bits per heavy atom. The fourth-order valence-electron chi connectivity index (χ4n) is 4.41. The van der Waals surface area contributed by atoms with Gasteiger partial charge in [-0.25, -0.2) is 4.39 Å². The fourth-order valence-corrected chi connectivity index (χ4v) is 4.67. The van der Waals surface area contributed by atoms with Gasteiger partial charge in [-0.05, 0) is 30.7 Å². The van der Waals surface area contributed by atoms with E-state index in [0.29, 0.717) is 25.1 Å². The summed E-state index contributed by atoms with van der Waals surface area (Å²) < 4.78 is 16.8. The van der Waals surface area contributed by atoms with E-state index in [1.807, 2.05) is 29.8 Å². The lowest BCUT2D eigenvalue weighted by Crippen LogP contribution is -2.48. The van der Waals surface area contributed by atoms with Gasteiger partial charge in [0.15, 0.2) is 0 Å². The minimum atomic E-state index is -0.631. The first-order chi connectivity index (χ1) is 16.8. The second kappa shape index (κ2) is 10.3. The Hall–Kier alpha value is -3.72. The minimum Gasteiger partial charge on any atom is -0.348 e. The van der Waals surface area contributed by atoms with Crippen LogP contribution >= 0.6 is 11.6 Å². The molecule has 4 rings (SSSR count). The van der Waals surface area contributed by atoms with Crippen LogP contribution in [0.1, 0.15) is 41.0 Å². The SMILES string of the molecule is CCCN(CC(=O)N1CCn2cccc2C1c1ccccc1F)C(=O)c1ccc([N+](=O)[O-])cc1Cl. The second-order valence-electron chi connectivity index (χ2n) is 8.29. The zero-order chi connectivity index (χ0) is 25.1. The Balaban J connectivity index is 1.62. The zero-order valence-corrected chi connectivity index (χ0v) is 19.8. The lowest BCUT2D eigenvalue weighted by Gasteiger charge is -2.38. The van der Waals surface area contributed by atoms with Gasteiger partial charge < -0.3 is 14.4 Å². The van der Waals surface area contributed by atoms with Crippen LogP contribution in [0.5, 0.6) is 0 Å². The monoisotopic (exact) mass is 498 g/mol. The Morgan fingerprint density at radius 3 is 2.63 bits per heavy atom. The molecule has 0 spiro atoms. The first-order valence-corrected chi connectivity index (χ1v) is 11.6. The summed E-state index contributed by atoms with van der Waals surface area (Å²) in [7, 11) is 0. The maximum atomic E-state index is 14.8. The third kappa shape index (κ3) is 4.90. The number of nitro benzene ring substituents is 1. The van der Waals surface area contributed by atoms with E-state index in [9.17, 15) is 24.1 Å². The number of fused-ring (bicyclic) bond motifs is 1. The number of aromatic nitrogens is 1. The molecule has 0 aliphatic carbocycles. The van der Waals surface area contributed by atoms with Gasteiger partial charge >= 0.3 is 0 Å². The molecule has 1 atom stereocenters. The summed E-state index contributed by atoms with van der Waals surface area (Å²) in [5.74, 6) is -1.24. The summed E-state index contributed by atoms with van der Waals surface area (Å²) in [6.45, 7) is 2.83. The Morgan fingerprint density at radius 2 is 1.94 bits per heavy atom. The number of hydrogen-bond acceptors (Lipinski definition) is 4. The smallest absolute Gasteiger partial charge is 0.270 e. The van der Waals surface area contributed by atoms with E-state index in [1.54, 1.807) is 23.1 Å². The molecule has 35 heavy (non-hydrogen) atoms. The van der Waals surface area contributed by atoms with E-state index in [-0.39, 0.29) is 35.3 Å². The second-order valence-corrected chi connectivity index (χ2v) is 8.69. The van der Waals surface area contributed by atoms with Gasteiger partial charge in [0.05, 0.1) is 15.5 Å². The predicted molar refractivity (Wildman–Crippen MR) is 129 cm³/mol. The molecule has 8 nitrogen and oxygen atoms in total. The summed E-state index contributed by atoms with van der Waals surface area (Å²) in [6, 6.07) is 13.1. The molecule has 0 saturated carbocycles. The van der Waals surface area contributed by atoms with Crippen LogP contribution in [0.3, 0.4) is 0 Å². The maximum Gasteiger partial charge on any atom is 0.270 e. The fraction of sp³-hybridized carbons (Fsp3) is 0.280. The summed E-state index contributed by atoms with van der Waals surface area (Å²) in [5, 5.41) is 10.9. The van der Waals surface area contributed by atoms with Crippen molar-refractivity contribution in [3.63, 3.8) is 0 Å². The summed E-state index contributed by atoms with van der Waals surface area (Å²) in [5.41, 5.74) is 1.03. The van der Waals surface area contributed by atoms with Crippen LogP contribution in [-0.2, 0) is 11.3 Å². The third-order valence-corrected chi connectivity index (χ3v) is 6.37. The molecule has 2 amide bonds. The number of rotatable bonds is 7. The number of carbonyl (C=O) groups excluding carboxylic acids is 2. The number of hydrogen-bond donors (Lipinski definition) is 0. The van der Waals surface area contributed by atoms with Gasteiger partial charge in [0.25, 0.3) is 11.6 Å². The number of halogens is 2. The highest BCUT2D eigenvalue weighted by atomic mass is 35.5. The molecule has 3 aromatic rings. The van der Waals surface area contributed by atoms with Crippen molar-refractivity contribution in [2.75, 3.05) is 19.6 Å². The van der Waals surface area contributed by atoms with E-state index in [2.05, 4.69) is 0 Å². The first kappa shape index (κ1) is 24.4. The molecule has 1 aromatic heterocycles. The predicted octanol–water partition coefficient (Wildman–Crippen LogP) is 4.67. The van der Waals surface area contributed by atoms with Crippen molar-refractivity contribution >= 4 is 29.1 Å². The molecule has 0 N–H and O–H groups in total. The highest BCUT2D eigenvalue weighted by molar-refractivity contribution is 6.34. The van der Waals surface area contributed by atoms with E-state index < -0.39 is 22.7 Å². The molecule has 1 unspecified atom stereocenters. The average molecular weight is 499 g/mol. The standard InChI is InChI=1S/C25H24ClFN4O4/c1-2-11-29(25(33)18-10-9-17(31(34)35)15-20(18)26)16-23(32)30-14-13-28-12-5-8-22(28)24(30)19-6-3-4-7-21(19)27/h3-10,12,15,24H,2,11,13-14,16H2,1H3. The molecule has 10 heteroatoms. The van der Waals surface area contributed by atoms with E-state index in [4.69, 9.17) is 11.6 Å². The maximum absolute atomic E-state index is 14.8. The number of carbonyl (C=O) groups is 2. The van der Waals surface area contributed by atoms with Crippen LogP contribution in [-0.4, -0.2) is 50.7 Å². The number of amides is 2. The summed E-state index contributed by atoms with van der Waals surface area (Å²) in [4.78, 5) is 40.2. The first-order valence-electron chi connectivity index (χ1n) is 11.2. The third-order valence-electron chi connectivity index (χ3n) is 6.06. The van der Waals surface area contributed by atoms with Crippen molar-refractivity contribution in [2.45, 2.75) is 25.9 Å². The number of benzene rings is 2. The van der Waals surface area contributed by atoms with Crippen LogP contribution in [0.25, 0.3) is 0 Å². The topological polar surface area (TPSA) is 88.7 Å². The van der Waals surface area contributed by atoms with Crippen molar-refractivity contribution in [2.24, 2.45) is 0 Å². The number of nitrogens with zero attached hydrogens (tertiary/aromatic N) is 4. The molecule has 0 bridgehead atoms. The van der Waals surface area contributed by atoms with Crippen molar-refractivity contribution in [3.05, 3.63) is 98.6 Å². The molecule has 0 saturated heterocycles.